The van der Waals surface area contributed by atoms with E-state index in [-0.39, 0.29) is 19.2 Å². The van der Waals surface area contributed by atoms with Crippen molar-refractivity contribution >= 4 is 13.8 Å². The average Bonchev–Trinajstić information content (AvgIpc) is 3.21. The summed E-state index contributed by atoms with van der Waals surface area (Å²) >= 11 is 0. The number of likely N-dealkylation sites (N-methyl/N-ethyl adjacent to an activating group) is 1. The Hall–Kier alpha value is -0.460. The maximum atomic E-state index is 13.0. The van der Waals surface area contributed by atoms with Crippen LogP contribution in [-0.2, 0) is 23.1 Å². The standard InChI is InChI=1S/C29H58NO6P/c1-6-8-9-10-11-12-13-14-15-16-17-18-19-20-23-29(28(31)34-7-2)24-21-22-27(29)36-37(32,33)35-26-25-30(3,4)5/h27H,6-26H2,1-5H3/t27-,29+/m0/s1. The number of unbranched alkanes of at least 4 members (excludes halogenated alkanes) is 13. The summed E-state index contributed by atoms with van der Waals surface area (Å²) in [6.45, 7) is 4.93. The lowest BCUT2D eigenvalue weighted by atomic mass is 9.79. The summed E-state index contributed by atoms with van der Waals surface area (Å²) in [5, 5.41) is 0. The van der Waals surface area contributed by atoms with E-state index in [9.17, 15) is 14.3 Å². The van der Waals surface area contributed by atoms with Gasteiger partial charge in [0.2, 0.25) is 0 Å². The third-order valence-corrected chi connectivity index (χ3v) is 8.64. The topological polar surface area (TPSA) is 84.9 Å². The molecule has 0 bridgehead atoms. The Morgan fingerprint density at radius 3 is 1.89 bits per heavy atom. The number of hydrogen-bond donors (Lipinski definition) is 0. The molecule has 0 radical (unpaired) electrons. The molecule has 1 aliphatic carbocycles. The van der Waals surface area contributed by atoms with E-state index in [1.807, 2.05) is 21.1 Å². The number of quaternary nitrogens is 1. The van der Waals surface area contributed by atoms with Crippen LogP contribution in [0.2, 0.25) is 0 Å². The van der Waals surface area contributed by atoms with Gasteiger partial charge in [-0.05, 0) is 32.6 Å². The molecular formula is C29H58NO6P. The largest absolute Gasteiger partial charge is 0.756 e. The van der Waals surface area contributed by atoms with Crippen molar-refractivity contribution < 1.29 is 32.5 Å². The number of phosphoric ester groups is 1. The molecule has 0 N–H and O–H groups in total. The van der Waals surface area contributed by atoms with Crippen LogP contribution in [0.25, 0.3) is 0 Å². The highest BCUT2D eigenvalue weighted by Gasteiger charge is 2.51. The van der Waals surface area contributed by atoms with E-state index < -0.39 is 19.3 Å². The first-order chi connectivity index (χ1) is 17.6. The van der Waals surface area contributed by atoms with Crippen LogP contribution < -0.4 is 4.89 Å². The molecule has 0 aromatic rings. The number of hydrogen-bond acceptors (Lipinski definition) is 6. The number of phosphoric acid groups is 1. The zero-order valence-electron chi connectivity index (χ0n) is 24.8. The SMILES string of the molecule is CCCCCCCCCCCCCCCC[C@@]1(C(=O)OCC)CCC[C@@H]1OP(=O)([O-])OCC[N+](C)(C)C. The summed E-state index contributed by atoms with van der Waals surface area (Å²) in [6.07, 6.45) is 19.6. The maximum Gasteiger partial charge on any atom is 0.314 e. The predicted molar refractivity (Wildman–Crippen MR) is 149 cm³/mol. The van der Waals surface area contributed by atoms with E-state index in [0.717, 1.165) is 25.7 Å². The number of nitrogens with zero attached hydrogens (tertiary/aromatic N) is 1. The molecule has 0 heterocycles. The first-order valence-electron chi connectivity index (χ1n) is 15.2. The van der Waals surface area contributed by atoms with Crippen molar-refractivity contribution in [2.24, 2.45) is 5.41 Å². The highest BCUT2D eigenvalue weighted by molar-refractivity contribution is 7.45. The summed E-state index contributed by atoms with van der Waals surface area (Å²) in [4.78, 5) is 25.6. The molecule has 1 unspecified atom stereocenters. The molecule has 1 rings (SSSR count). The minimum Gasteiger partial charge on any atom is -0.756 e. The third-order valence-electron chi connectivity index (χ3n) is 7.63. The highest BCUT2D eigenvalue weighted by Crippen LogP contribution is 2.52. The van der Waals surface area contributed by atoms with Gasteiger partial charge in [0, 0.05) is 0 Å². The smallest absolute Gasteiger partial charge is 0.314 e. The Morgan fingerprint density at radius 1 is 0.892 bits per heavy atom. The van der Waals surface area contributed by atoms with Crippen molar-refractivity contribution in [2.45, 2.75) is 136 Å². The van der Waals surface area contributed by atoms with Gasteiger partial charge in [0.25, 0.3) is 7.82 Å². The summed E-state index contributed by atoms with van der Waals surface area (Å²) in [6, 6.07) is 0. The Balaban J connectivity index is 2.40. The van der Waals surface area contributed by atoms with Crippen molar-refractivity contribution in [3.8, 4) is 0 Å². The van der Waals surface area contributed by atoms with Crippen LogP contribution in [0, 0.1) is 5.41 Å². The molecule has 1 fully saturated rings. The second-order valence-electron chi connectivity index (χ2n) is 12.0. The van der Waals surface area contributed by atoms with Gasteiger partial charge >= 0.3 is 5.97 Å². The fraction of sp³-hybridized carbons (Fsp3) is 0.966. The second kappa shape index (κ2) is 18.8. The summed E-state index contributed by atoms with van der Waals surface area (Å²) in [5.41, 5.74) is -0.892. The average molecular weight is 548 g/mol. The lowest BCUT2D eigenvalue weighted by Gasteiger charge is -2.36. The molecule has 3 atom stereocenters. The van der Waals surface area contributed by atoms with Crippen LogP contribution in [0.1, 0.15) is 129 Å². The molecule has 220 valence electrons. The Labute approximate surface area is 228 Å². The number of esters is 1. The molecule has 1 saturated carbocycles. The van der Waals surface area contributed by atoms with Crippen molar-refractivity contribution in [3.05, 3.63) is 0 Å². The molecule has 7 nitrogen and oxygen atoms in total. The molecule has 1 aliphatic rings. The van der Waals surface area contributed by atoms with Gasteiger partial charge < -0.3 is 23.2 Å². The normalized spacial score (nSPS) is 21.7. The maximum absolute atomic E-state index is 13.0. The van der Waals surface area contributed by atoms with Gasteiger partial charge in [0.05, 0.1) is 39.3 Å². The van der Waals surface area contributed by atoms with E-state index in [1.165, 1.54) is 70.6 Å². The van der Waals surface area contributed by atoms with Crippen LogP contribution in [0.5, 0.6) is 0 Å². The first-order valence-corrected chi connectivity index (χ1v) is 16.6. The van der Waals surface area contributed by atoms with E-state index >= 15 is 0 Å². The molecule has 0 aromatic carbocycles. The fourth-order valence-corrected chi connectivity index (χ4v) is 6.32. The molecule has 0 aliphatic heterocycles. The Morgan fingerprint density at radius 2 is 1.41 bits per heavy atom. The molecule has 0 spiro atoms. The molecule has 8 heteroatoms. The molecular weight excluding hydrogens is 489 g/mol. The number of rotatable bonds is 23. The van der Waals surface area contributed by atoms with Crippen molar-refractivity contribution in [3.63, 3.8) is 0 Å². The zero-order chi connectivity index (χ0) is 27.6. The molecule has 37 heavy (non-hydrogen) atoms. The molecule has 0 aromatic heterocycles. The van der Waals surface area contributed by atoms with Gasteiger partial charge in [-0.25, -0.2) is 0 Å². The van der Waals surface area contributed by atoms with E-state index in [1.54, 1.807) is 6.92 Å². The van der Waals surface area contributed by atoms with Gasteiger partial charge in [-0.3, -0.25) is 9.36 Å². The zero-order valence-corrected chi connectivity index (χ0v) is 25.7. The van der Waals surface area contributed by atoms with Crippen molar-refractivity contribution in [2.75, 3.05) is 40.9 Å². The van der Waals surface area contributed by atoms with Gasteiger partial charge in [-0.1, -0.05) is 96.8 Å². The summed E-state index contributed by atoms with van der Waals surface area (Å²) in [5.74, 6) is -0.321. The Bertz CT molecular complexity index is 653. The van der Waals surface area contributed by atoms with Crippen molar-refractivity contribution in [1.29, 1.82) is 0 Å². The number of carbonyl (C=O) groups is 1. The van der Waals surface area contributed by atoms with Gasteiger partial charge in [0.1, 0.15) is 13.2 Å². The van der Waals surface area contributed by atoms with Crippen LogP contribution >= 0.6 is 7.82 Å². The monoisotopic (exact) mass is 547 g/mol. The lowest BCUT2D eigenvalue weighted by Crippen LogP contribution is -2.42. The van der Waals surface area contributed by atoms with E-state index in [4.69, 9.17) is 13.8 Å². The number of carbonyl (C=O) groups excluding carboxylic acids is 1. The van der Waals surface area contributed by atoms with Gasteiger partial charge in [-0.2, -0.15) is 0 Å². The van der Waals surface area contributed by atoms with Gasteiger partial charge in [-0.15, -0.1) is 0 Å². The van der Waals surface area contributed by atoms with Crippen LogP contribution in [0.15, 0.2) is 0 Å². The molecule has 0 amide bonds. The van der Waals surface area contributed by atoms with E-state index in [2.05, 4.69) is 6.92 Å². The molecule has 0 saturated heterocycles. The van der Waals surface area contributed by atoms with Crippen LogP contribution in [0.3, 0.4) is 0 Å². The number of ether oxygens (including phenoxy) is 1. The fourth-order valence-electron chi connectivity index (χ4n) is 5.34. The summed E-state index contributed by atoms with van der Waals surface area (Å²) in [7, 11) is 1.41. The van der Waals surface area contributed by atoms with Crippen molar-refractivity contribution in [1.82, 2.24) is 0 Å². The van der Waals surface area contributed by atoms with E-state index in [0.29, 0.717) is 30.3 Å². The first kappa shape index (κ1) is 34.6. The van der Waals surface area contributed by atoms with Crippen LogP contribution in [-0.4, -0.2) is 57.5 Å². The van der Waals surface area contributed by atoms with Gasteiger partial charge in [0.15, 0.2) is 0 Å². The predicted octanol–water partition coefficient (Wildman–Crippen LogP) is 7.17. The minimum atomic E-state index is -4.51. The summed E-state index contributed by atoms with van der Waals surface area (Å²) < 4.78 is 29.2. The van der Waals surface area contributed by atoms with Crippen LogP contribution in [0.4, 0.5) is 0 Å². The Kier molecular flexibility index (Phi) is 17.5. The lowest BCUT2D eigenvalue weighted by molar-refractivity contribution is -0.870. The second-order valence-corrected chi connectivity index (χ2v) is 13.4. The third kappa shape index (κ3) is 15.1. The minimum absolute atomic E-state index is 0.0579. The quantitative estimate of drug-likeness (QED) is 0.0584. The highest BCUT2D eigenvalue weighted by atomic mass is 31.2.